The first kappa shape index (κ1) is 30.1. The van der Waals surface area contributed by atoms with Gasteiger partial charge in [-0.2, -0.15) is 0 Å². The number of carbonyl (C=O) groups excluding carboxylic acids is 2. The molecule has 1 N–H and O–H groups in total. The number of benzene rings is 2. The van der Waals surface area contributed by atoms with Gasteiger partial charge in [0.2, 0.25) is 21.8 Å². The molecule has 1 saturated carbocycles. The zero-order valence-corrected chi connectivity index (χ0v) is 23.6. The van der Waals surface area contributed by atoms with E-state index in [0.717, 1.165) is 50.5 Å². The van der Waals surface area contributed by atoms with Gasteiger partial charge < -0.3 is 10.2 Å². The molecule has 0 aliphatic heterocycles. The number of amides is 2. The highest BCUT2D eigenvalue weighted by Gasteiger charge is 2.33. The second kappa shape index (κ2) is 13.1. The molecule has 2 amide bonds. The van der Waals surface area contributed by atoms with Gasteiger partial charge in [-0.25, -0.2) is 17.2 Å². The predicted molar refractivity (Wildman–Crippen MR) is 145 cm³/mol. The van der Waals surface area contributed by atoms with Crippen LogP contribution in [0.1, 0.15) is 51.0 Å². The van der Waals surface area contributed by atoms with Crippen molar-refractivity contribution in [3.63, 3.8) is 0 Å². The topological polar surface area (TPSA) is 86.8 Å². The van der Waals surface area contributed by atoms with E-state index in [2.05, 4.69) is 5.32 Å². The Hall–Kier alpha value is -2.43. The highest BCUT2D eigenvalue weighted by atomic mass is 35.5. The van der Waals surface area contributed by atoms with Gasteiger partial charge in [0.25, 0.3) is 0 Å². The van der Waals surface area contributed by atoms with Crippen LogP contribution in [0.5, 0.6) is 0 Å². The highest BCUT2D eigenvalue weighted by molar-refractivity contribution is 7.92. The van der Waals surface area contributed by atoms with Gasteiger partial charge in [0.15, 0.2) is 11.6 Å². The standard InChI is InChI=1S/C26H31Cl2F2N3O4S/c1-3-24(26(35)31-17-8-5-4-6-9-17)32(15-19-20(27)10-7-11-21(19)28)25(34)16-33(38(2,36)37)18-12-13-22(29)23(30)14-18/h7,10-14,17,24H,3-6,8-9,15-16H2,1-2H3,(H,31,35). The van der Waals surface area contributed by atoms with Crippen LogP contribution >= 0.6 is 23.2 Å². The Labute approximate surface area is 232 Å². The van der Waals surface area contributed by atoms with Crippen molar-refractivity contribution in [3.05, 3.63) is 63.6 Å². The van der Waals surface area contributed by atoms with Crippen molar-refractivity contribution in [2.24, 2.45) is 0 Å². The molecule has 1 fully saturated rings. The van der Waals surface area contributed by atoms with Crippen LogP contribution < -0.4 is 9.62 Å². The summed E-state index contributed by atoms with van der Waals surface area (Å²) < 4.78 is 53.3. The fourth-order valence-corrected chi connectivity index (χ4v) is 5.93. The van der Waals surface area contributed by atoms with E-state index < -0.39 is 40.2 Å². The van der Waals surface area contributed by atoms with Crippen molar-refractivity contribution in [3.8, 4) is 0 Å². The molecule has 2 aromatic rings. The fourth-order valence-electron chi connectivity index (χ4n) is 4.57. The molecular formula is C26H31Cl2F2N3O4S. The molecule has 0 saturated heterocycles. The van der Waals surface area contributed by atoms with Gasteiger partial charge in [-0.15, -0.1) is 0 Å². The summed E-state index contributed by atoms with van der Waals surface area (Å²) in [7, 11) is -4.10. The smallest absolute Gasteiger partial charge is 0.244 e. The molecule has 0 heterocycles. The van der Waals surface area contributed by atoms with Gasteiger partial charge in [-0.3, -0.25) is 13.9 Å². The Morgan fingerprint density at radius 3 is 2.24 bits per heavy atom. The summed E-state index contributed by atoms with van der Waals surface area (Å²) in [6.07, 6.45) is 5.86. The highest BCUT2D eigenvalue weighted by Crippen LogP contribution is 2.28. The zero-order valence-electron chi connectivity index (χ0n) is 21.2. The largest absolute Gasteiger partial charge is 0.352 e. The van der Waals surface area contributed by atoms with Gasteiger partial charge in [0.05, 0.1) is 11.9 Å². The van der Waals surface area contributed by atoms with Crippen molar-refractivity contribution in [2.45, 2.75) is 64.1 Å². The molecule has 0 spiro atoms. The average molecular weight is 591 g/mol. The summed E-state index contributed by atoms with van der Waals surface area (Å²) in [5, 5.41) is 3.58. The van der Waals surface area contributed by atoms with Crippen LogP contribution in [-0.4, -0.2) is 50.0 Å². The van der Waals surface area contributed by atoms with Crippen molar-refractivity contribution in [1.29, 1.82) is 0 Å². The molecule has 3 rings (SSSR count). The molecule has 2 aromatic carbocycles. The molecule has 1 aliphatic rings. The summed E-state index contributed by atoms with van der Waals surface area (Å²) >= 11 is 12.7. The van der Waals surface area contributed by atoms with Crippen LogP contribution in [0.2, 0.25) is 10.0 Å². The summed E-state index contributed by atoms with van der Waals surface area (Å²) in [6, 6.07) is 6.41. The summed E-state index contributed by atoms with van der Waals surface area (Å²) in [5.41, 5.74) is 0.169. The minimum atomic E-state index is -4.10. The Morgan fingerprint density at radius 2 is 1.68 bits per heavy atom. The van der Waals surface area contributed by atoms with Crippen molar-refractivity contribution in [2.75, 3.05) is 17.1 Å². The SMILES string of the molecule is CCC(C(=O)NC1CCCCC1)N(Cc1c(Cl)cccc1Cl)C(=O)CN(c1ccc(F)c(F)c1)S(C)(=O)=O. The molecule has 1 aliphatic carbocycles. The van der Waals surface area contributed by atoms with Crippen molar-refractivity contribution >= 4 is 50.7 Å². The summed E-state index contributed by atoms with van der Waals surface area (Å²) in [5.74, 6) is -3.52. The maximum atomic E-state index is 13.9. The van der Waals surface area contributed by atoms with E-state index >= 15 is 0 Å². The number of sulfonamides is 1. The fraction of sp³-hybridized carbons (Fsp3) is 0.462. The number of nitrogens with zero attached hydrogens (tertiary/aromatic N) is 2. The van der Waals surface area contributed by atoms with Gasteiger partial charge in [0.1, 0.15) is 12.6 Å². The maximum absolute atomic E-state index is 13.9. The lowest BCUT2D eigenvalue weighted by molar-refractivity contribution is -0.140. The molecule has 0 bridgehead atoms. The first-order valence-electron chi connectivity index (χ1n) is 12.4. The van der Waals surface area contributed by atoms with Crippen LogP contribution in [0.25, 0.3) is 0 Å². The molecular weight excluding hydrogens is 559 g/mol. The first-order chi connectivity index (χ1) is 17.9. The zero-order chi connectivity index (χ0) is 28.0. The Morgan fingerprint density at radius 1 is 1.05 bits per heavy atom. The Bertz CT molecular complexity index is 1250. The van der Waals surface area contributed by atoms with E-state index in [1.165, 1.54) is 4.90 Å². The lowest BCUT2D eigenvalue weighted by Crippen LogP contribution is -2.54. The number of rotatable bonds is 10. The lowest BCUT2D eigenvalue weighted by Gasteiger charge is -2.34. The molecule has 12 heteroatoms. The average Bonchev–Trinajstić information content (AvgIpc) is 2.85. The van der Waals surface area contributed by atoms with E-state index in [9.17, 15) is 26.8 Å². The summed E-state index contributed by atoms with van der Waals surface area (Å²) in [4.78, 5) is 28.4. The Kier molecular flexibility index (Phi) is 10.4. The third-order valence-electron chi connectivity index (χ3n) is 6.60. The van der Waals surface area contributed by atoms with Crippen molar-refractivity contribution < 1.29 is 26.8 Å². The van der Waals surface area contributed by atoms with Crippen LogP contribution in [-0.2, 0) is 26.2 Å². The molecule has 1 unspecified atom stereocenters. The molecule has 38 heavy (non-hydrogen) atoms. The van der Waals surface area contributed by atoms with Crippen molar-refractivity contribution in [1.82, 2.24) is 10.2 Å². The van der Waals surface area contributed by atoms with Gasteiger partial charge >= 0.3 is 0 Å². The second-order valence-electron chi connectivity index (χ2n) is 9.36. The number of hydrogen-bond donors (Lipinski definition) is 1. The molecule has 0 aromatic heterocycles. The van der Waals surface area contributed by atoms with Crippen LogP contribution in [0.15, 0.2) is 36.4 Å². The van der Waals surface area contributed by atoms with E-state index in [4.69, 9.17) is 23.2 Å². The minimum Gasteiger partial charge on any atom is -0.352 e. The Balaban J connectivity index is 1.97. The normalized spacial score (nSPS) is 15.1. The first-order valence-corrected chi connectivity index (χ1v) is 15.0. The van der Waals surface area contributed by atoms with Gasteiger partial charge in [0, 0.05) is 34.3 Å². The monoisotopic (exact) mass is 589 g/mol. The minimum absolute atomic E-state index is 0.0131. The number of carbonyl (C=O) groups is 2. The third-order valence-corrected chi connectivity index (χ3v) is 8.45. The van der Waals surface area contributed by atoms with E-state index in [-0.39, 0.29) is 40.6 Å². The predicted octanol–water partition coefficient (Wildman–Crippen LogP) is 5.29. The maximum Gasteiger partial charge on any atom is 0.244 e. The molecule has 7 nitrogen and oxygen atoms in total. The van der Waals surface area contributed by atoms with Crippen LogP contribution in [0.3, 0.4) is 0 Å². The van der Waals surface area contributed by atoms with E-state index in [1.807, 2.05) is 0 Å². The number of nitrogens with one attached hydrogen (secondary N) is 1. The summed E-state index contributed by atoms with van der Waals surface area (Å²) in [6.45, 7) is 0.825. The van der Waals surface area contributed by atoms with E-state index in [1.54, 1.807) is 25.1 Å². The molecule has 208 valence electrons. The van der Waals surface area contributed by atoms with Crippen LogP contribution in [0.4, 0.5) is 14.5 Å². The van der Waals surface area contributed by atoms with Gasteiger partial charge in [-0.05, 0) is 43.5 Å². The number of anilines is 1. The van der Waals surface area contributed by atoms with Crippen LogP contribution in [0, 0.1) is 11.6 Å². The quantitative estimate of drug-likeness (QED) is 0.408. The van der Waals surface area contributed by atoms with Gasteiger partial charge in [-0.1, -0.05) is 55.5 Å². The molecule has 1 atom stereocenters. The van der Waals surface area contributed by atoms with E-state index in [0.29, 0.717) is 15.9 Å². The third kappa shape index (κ3) is 7.57. The molecule has 0 radical (unpaired) electrons. The lowest BCUT2D eigenvalue weighted by atomic mass is 9.95. The number of hydrogen-bond acceptors (Lipinski definition) is 4. The number of halogens is 4. The second-order valence-corrected chi connectivity index (χ2v) is 12.1.